The lowest BCUT2D eigenvalue weighted by atomic mass is 10.1. The van der Waals surface area contributed by atoms with Crippen molar-refractivity contribution in [3.63, 3.8) is 0 Å². The van der Waals surface area contributed by atoms with Crippen molar-refractivity contribution in [3.8, 4) is 5.75 Å². The summed E-state index contributed by atoms with van der Waals surface area (Å²) in [6.45, 7) is 0.557. The Bertz CT molecular complexity index is 788. The lowest BCUT2D eigenvalue weighted by molar-refractivity contribution is 0.412. The summed E-state index contributed by atoms with van der Waals surface area (Å²) < 4.78 is 19.4. The van der Waals surface area contributed by atoms with Gasteiger partial charge in [-0.2, -0.15) is 5.10 Å². The number of methoxy groups -OCH3 is 1. The molecule has 0 aliphatic carbocycles. The molecule has 108 valence electrons. The molecule has 2 N–H and O–H groups in total. The zero-order valence-corrected chi connectivity index (χ0v) is 12.9. The number of H-pyrrole nitrogens is 1. The smallest absolute Gasteiger partial charge is 0.156 e. The quantitative estimate of drug-likeness (QED) is 0.745. The number of rotatable bonds is 4. The highest BCUT2D eigenvalue weighted by atomic mass is 79.9. The maximum absolute atomic E-state index is 13.5. The third-order valence-electron chi connectivity index (χ3n) is 3.20. The number of aromatic nitrogens is 2. The number of hydrogen-bond acceptors (Lipinski definition) is 3. The van der Waals surface area contributed by atoms with Crippen LogP contribution < -0.4 is 10.1 Å². The van der Waals surface area contributed by atoms with Gasteiger partial charge in [0, 0.05) is 18.0 Å². The van der Waals surface area contributed by atoms with E-state index in [9.17, 15) is 4.39 Å². The van der Waals surface area contributed by atoms with Gasteiger partial charge in [-0.05, 0) is 33.6 Å². The molecule has 6 heteroatoms. The second-order valence-electron chi connectivity index (χ2n) is 4.61. The summed E-state index contributed by atoms with van der Waals surface area (Å²) in [5, 5.41) is 11.2. The minimum atomic E-state index is -0.325. The molecule has 0 unspecified atom stereocenters. The predicted octanol–water partition coefficient (Wildman–Crippen LogP) is 4.09. The summed E-state index contributed by atoms with van der Waals surface area (Å²) in [4.78, 5) is 0. The minimum Gasteiger partial charge on any atom is -0.493 e. The Labute approximate surface area is 129 Å². The van der Waals surface area contributed by atoms with Crippen LogP contribution in [0.15, 0.2) is 41.0 Å². The molecule has 0 fully saturated rings. The van der Waals surface area contributed by atoms with Gasteiger partial charge in [0.15, 0.2) is 5.75 Å². The second-order valence-corrected chi connectivity index (χ2v) is 5.47. The molecule has 0 bridgehead atoms. The Hall–Kier alpha value is -2.08. The molecule has 0 spiro atoms. The van der Waals surface area contributed by atoms with Crippen LogP contribution in [0.4, 0.5) is 10.1 Å². The highest BCUT2D eigenvalue weighted by molar-refractivity contribution is 9.10. The molecule has 3 rings (SSSR count). The number of halogens is 2. The van der Waals surface area contributed by atoms with E-state index in [4.69, 9.17) is 4.74 Å². The van der Waals surface area contributed by atoms with Gasteiger partial charge in [0.25, 0.3) is 0 Å². The molecular formula is C15H13BrFN3O. The summed E-state index contributed by atoms with van der Waals surface area (Å²) in [6, 6.07) is 8.80. The molecule has 0 aliphatic rings. The van der Waals surface area contributed by atoms with Crippen molar-refractivity contribution in [2.45, 2.75) is 6.54 Å². The fourth-order valence-electron chi connectivity index (χ4n) is 2.19. The molecule has 0 amide bonds. The Morgan fingerprint density at radius 3 is 3.00 bits per heavy atom. The highest BCUT2D eigenvalue weighted by Crippen LogP contribution is 2.34. The van der Waals surface area contributed by atoms with Gasteiger partial charge in [-0.3, -0.25) is 5.10 Å². The number of nitrogens with zero attached hydrogens (tertiary/aromatic N) is 1. The fourth-order valence-corrected chi connectivity index (χ4v) is 2.78. The Morgan fingerprint density at radius 2 is 2.19 bits per heavy atom. The molecule has 1 aromatic heterocycles. The number of fused-ring (bicyclic) bond motifs is 1. The van der Waals surface area contributed by atoms with Crippen molar-refractivity contribution in [2.24, 2.45) is 0 Å². The molecular weight excluding hydrogens is 337 g/mol. The molecule has 4 nitrogen and oxygen atoms in total. The van der Waals surface area contributed by atoms with Crippen LogP contribution in [0.1, 0.15) is 5.56 Å². The van der Waals surface area contributed by atoms with Crippen molar-refractivity contribution in [2.75, 3.05) is 12.4 Å². The average molecular weight is 350 g/mol. The lowest BCUT2D eigenvalue weighted by Gasteiger charge is -2.13. The van der Waals surface area contributed by atoms with E-state index in [-0.39, 0.29) is 5.82 Å². The number of benzene rings is 2. The molecule has 0 aliphatic heterocycles. The normalized spacial score (nSPS) is 10.8. The molecule has 0 atom stereocenters. The van der Waals surface area contributed by atoms with Crippen molar-refractivity contribution in [3.05, 3.63) is 52.4 Å². The summed E-state index contributed by atoms with van der Waals surface area (Å²) in [7, 11) is 1.56. The zero-order valence-electron chi connectivity index (χ0n) is 11.3. The van der Waals surface area contributed by atoms with Gasteiger partial charge in [-0.1, -0.05) is 12.1 Å². The van der Waals surface area contributed by atoms with E-state index in [1.54, 1.807) is 13.3 Å². The van der Waals surface area contributed by atoms with Gasteiger partial charge in [-0.15, -0.1) is 0 Å². The number of hydrogen-bond donors (Lipinski definition) is 2. The van der Waals surface area contributed by atoms with E-state index in [0.717, 1.165) is 16.5 Å². The first-order valence-electron chi connectivity index (χ1n) is 6.36. The van der Waals surface area contributed by atoms with Crippen LogP contribution in [-0.2, 0) is 6.54 Å². The summed E-state index contributed by atoms with van der Waals surface area (Å²) in [5.41, 5.74) is 2.64. The van der Waals surface area contributed by atoms with Crippen LogP contribution in [0, 0.1) is 5.82 Å². The van der Waals surface area contributed by atoms with Crippen LogP contribution in [0.5, 0.6) is 5.75 Å². The first-order chi connectivity index (χ1) is 10.2. The SMILES string of the molecule is COc1c(Br)cc(F)cc1NCc1ccc2cn[nH]c2c1. The van der Waals surface area contributed by atoms with E-state index in [0.29, 0.717) is 22.5 Å². The Balaban J connectivity index is 1.83. The molecule has 0 saturated carbocycles. The predicted molar refractivity (Wildman–Crippen MR) is 84.1 cm³/mol. The lowest BCUT2D eigenvalue weighted by Crippen LogP contribution is -2.02. The molecule has 1 heterocycles. The van der Waals surface area contributed by atoms with Gasteiger partial charge in [0.05, 0.1) is 29.0 Å². The van der Waals surface area contributed by atoms with E-state index in [1.807, 2.05) is 18.2 Å². The van der Waals surface area contributed by atoms with Gasteiger partial charge in [0.1, 0.15) is 5.82 Å². The zero-order chi connectivity index (χ0) is 14.8. The molecule has 3 aromatic rings. The minimum absolute atomic E-state index is 0.325. The molecule has 0 radical (unpaired) electrons. The third-order valence-corrected chi connectivity index (χ3v) is 3.79. The topological polar surface area (TPSA) is 49.9 Å². The van der Waals surface area contributed by atoms with E-state index in [1.165, 1.54) is 12.1 Å². The van der Waals surface area contributed by atoms with Crippen LogP contribution in [0.2, 0.25) is 0 Å². The maximum Gasteiger partial charge on any atom is 0.156 e. The summed E-state index contributed by atoms with van der Waals surface area (Å²) >= 11 is 3.29. The monoisotopic (exact) mass is 349 g/mol. The summed E-state index contributed by atoms with van der Waals surface area (Å²) in [6.07, 6.45) is 1.78. The number of ether oxygens (including phenoxy) is 1. The fraction of sp³-hybridized carbons (Fsp3) is 0.133. The van der Waals surface area contributed by atoms with Gasteiger partial charge >= 0.3 is 0 Å². The third kappa shape index (κ3) is 2.85. The first kappa shape index (κ1) is 13.9. The molecule has 2 aromatic carbocycles. The summed E-state index contributed by atoms with van der Waals surface area (Å²) in [5.74, 6) is 0.258. The largest absolute Gasteiger partial charge is 0.493 e. The number of aromatic amines is 1. The van der Waals surface area contributed by atoms with E-state index in [2.05, 4.69) is 31.4 Å². The van der Waals surface area contributed by atoms with Gasteiger partial charge in [-0.25, -0.2) is 4.39 Å². The van der Waals surface area contributed by atoms with Crippen molar-refractivity contribution in [1.29, 1.82) is 0 Å². The van der Waals surface area contributed by atoms with Crippen LogP contribution in [-0.4, -0.2) is 17.3 Å². The average Bonchev–Trinajstić information content (AvgIpc) is 2.92. The molecule has 0 saturated heterocycles. The van der Waals surface area contributed by atoms with Crippen LogP contribution in [0.25, 0.3) is 10.9 Å². The van der Waals surface area contributed by atoms with E-state index >= 15 is 0 Å². The van der Waals surface area contributed by atoms with Crippen LogP contribution in [0.3, 0.4) is 0 Å². The van der Waals surface area contributed by atoms with Gasteiger partial charge in [0.2, 0.25) is 0 Å². The van der Waals surface area contributed by atoms with Crippen molar-refractivity contribution >= 4 is 32.5 Å². The van der Waals surface area contributed by atoms with Crippen molar-refractivity contribution < 1.29 is 9.13 Å². The second kappa shape index (κ2) is 5.73. The Morgan fingerprint density at radius 1 is 1.33 bits per heavy atom. The standard InChI is InChI=1S/C15H13BrFN3O/c1-21-15-12(16)5-11(17)6-14(15)18-7-9-2-3-10-8-19-20-13(10)4-9/h2-6,8,18H,7H2,1H3,(H,19,20). The van der Waals surface area contributed by atoms with Gasteiger partial charge < -0.3 is 10.1 Å². The molecule has 21 heavy (non-hydrogen) atoms. The first-order valence-corrected chi connectivity index (χ1v) is 7.15. The number of anilines is 1. The maximum atomic E-state index is 13.5. The number of nitrogens with one attached hydrogen (secondary N) is 2. The Kier molecular flexibility index (Phi) is 3.79. The van der Waals surface area contributed by atoms with Crippen LogP contribution >= 0.6 is 15.9 Å². The van der Waals surface area contributed by atoms with Crippen molar-refractivity contribution in [1.82, 2.24) is 10.2 Å². The van der Waals surface area contributed by atoms with E-state index < -0.39 is 0 Å². The highest BCUT2D eigenvalue weighted by Gasteiger charge is 2.10.